The Labute approximate surface area is 158 Å². The van der Waals surface area contributed by atoms with E-state index in [0.717, 1.165) is 19.5 Å². The SMILES string of the molecule is C=C/C(Cl)=C\C=C/C[C@H]1CNC[C@H]1/C=C/C(F)=C(Cl)\C=C(/C)NC=O. The van der Waals surface area contributed by atoms with E-state index in [2.05, 4.69) is 17.2 Å². The van der Waals surface area contributed by atoms with Gasteiger partial charge in [0.2, 0.25) is 6.41 Å². The molecule has 1 rings (SSSR count). The van der Waals surface area contributed by atoms with Crippen molar-refractivity contribution >= 4 is 29.6 Å². The lowest BCUT2D eigenvalue weighted by Gasteiger charge is -2.12. The lowest BCUT2D eigenvalue weighted by molar-refractivity contribution is -0.108. The maximum atomic E-state index is 14.0. The second kappa shape index (κ2) is 11.9. The molecule has 0 aliphatic carbocycles. The van der Waals surface area contributed by atoms with Gasteiger partial charge in [0.25, 0.3) is 0 Å². The molecule has 2 N–H and O–H groups in total. The molecule has 0 aromatic heterocycles. The maximum Gasteiger partial charge on any atom is 0.211 e. The predicted octanol–water partition coefficient (Wildman–Crippen LogP) is 4.70. The Bertz CT molecular complexity index is 621. The molecule has 1 fully saturated rings. The average Bonchev–Trinajstić information content (AvgIpc) is 3.03. The van der Waals surface area contributed by atoms with E-state index in [4.69, 9.17) is 23.2 Å². The predicted molar refractivity (Wildman–Crippen MR) is 104 cm³/mol. The molecule has 0 saturated carbocycles. The van der Waals surface area contributed by atoms with Crippen LogP contribution in [0.5, 0.6) is 0 Å². The first-order valence-electron chi connectivity index (χ1n) is 7.95. The zero-order valence-electron chi connectivity index (χ0n) is 14.1. The monoisotopic (exact) mass is 384 g/mol. The highest BCUT2D eigenvalue weighted by atomic mass is 35.5. The molecule has 3 nitrogen and oxygen atoms in total. The molecule has 1 aliphatic rings. The Morgan fingerprint density at radius 3 is 2.84 bits per heavy atom. The molecule has 0 unspecified atom stereocenters. The van der Waals surface area contributed by atoms with Crippen LogP contribution in [0, 0.1) is 11.8 Å². The summed E-state index contributed by atoms with van der Waals surface area (Å²) in [6.45, 7) is 6.88. The van der Waals surface area contributed by atoms with E-state index in [0.29, 0.717) is 23.1 Å². The zero-order valence-corrected chi connectivity index (χ0v) is 15.7. The number of halogens is 3. The van der Waals surface area contributed by atoms with E-state index in [1.54, 1.807) is 19.1 Å². The highest BCUT2D eigenvalue weighted by molar-refractivity contribution is 6.31. The molecule has 25 heavy (non-hydrogen) atoms. The van der Waals surface area contributed by atoms with Crippen molar-refractivity contribution in [3.8, 4) is 0 Å². The lowest BCUT2D eigenvalue weighted by atomic mass is 9.92. The molecule has 1 heterocycles. The van der Waals surface area contributed by atoms with E-state index < -0.39 is 5.83 Å². The summed E-state index contributed by atoms with van der Waals surface area (Å²) in [5.74, 6) is 0.0662. The van der Waals surface area contributed by atoms with Crippen molar-refractivity contribution in [3.05, 3.63) is 70.7 Å². The van der Waals surface area contributed by atoms with Crippen LogP contribution >= 0.6 is 23.2 Å². The second-order valence-electron chi connectivity index (χ2n) is 5.65. The van der Waals surface area contributed by atoms with Gasteiger partial charge in [-0.15, -0.1) is 0 Å². The van der Waals surface area contributed by atoms with Crippen LogP contribution in [0.1, 0.15) is 13.3 Å². The maximum absolute atomic E-state index is 14.0. The van der Waals surface area contributed by atoms with Gasteiger partial charge in [-0.1, -0.05) is 54.1 Å². The Balaban J connectivity index is 2.67. The van der Waals surface area contributed by atoms with Gasteiger partial charge in [-0.05, 0) is 50.0 Å². The van der Waals surface area contributed by atoms with Gasteiger partial charge in [-0.3, -0.25) is 4.79 Å². The van der Waals surface area contributed by atoms with Gasteiger partial charge >= 0.3 is 0 Å². The molecule has 0 radical (unpaired) electrons. The molecular weight excluding hydrogens is 362 g/mol. The largest absolute Gasteiger partial charge is 0.333 e. The van der Waals surface area contributed by atoms with Crippen LogP contribution < -0.4 is 10.6 Å². The van der Waals surface area contributed by atoms with Crippen molar-refractivity contribution < 1.29 is 9.18 Å². The second-order valence-corrected chi connectivity index (χ2v) is 6.49. The van der Waals surface area contributed by atoms with Crippen LogP contribution in [0.4, 0.5) is 4.39 Å². The summed E-state index contributed by atoms with van der Waals surface area (Å²) >= 11 is 11.7. The van der Waals surface area contributed by atoms with Crippen molar-refractivity contribution in [2.45, 2.75) is 13.3 Å². The van der Waals surface area contributed by atoms with E-state index in [1.165, 1.54) is 12.2 Å². The molecule has 0 aromatic carbocycles. The van der Waals surface area contributed by atoms with Crippen LogP contribution in [0.25, 0.3) is 0 Å². The highest BCUT2D eigenvalue weighted by Crippen LogP contribution is 2.24. The summed E-state index contributed by atoms with van der Waals surface area (Å²) in [4.78, 5) is 10.3. The van der Waals surface area contributed by atoms with Gasteiger partial charge in [0, 0.05) is 17.3 Å². The van der Waals surface area contributed by atoms with Crippen LogP contribution in [0.2, 0.25) is 0 Å². The number of carbonyl (C=O) groups is 1. The number of amides is 1. The third-order valence-electron chi connectivity index (χ3n) is 3.77. The van der Waals surface area contributed by atoms with Crippen LogP contribution in [0.3, 0.4) is 0 Å². The van der Waals surface area contributed by atoms with E-state index in [-0.39, 0.29) is 11.0 Å². The molecule has 136 valence electrons. The number of hydrogen-bond acceptors (Lipinski definition) is 2. The minimum Gasteiger partial charge on any atom is -0.333 e. The van der Waals surface area contributed by atoms with Crippen LogP contribution in [-0.2, 0) is 4.79 Å². The number of allylic oxidation sites excluding steroid dienone is 10. The first-order valence-corrected chi connectivity index (χ1v) is 8.71. The minimum absolute atomic E-state index is 0.0466. The average molecular weight is 385 g/mol. The molecular formula is C19H23Cl2FN2O. The Morgan fingerprint density at radius 1 is 1.40 bits per heavy atom. The third-order valence-corrected chi connectivity index (χ3v) is 4.34. The summed E-state index contributed by atoms with van der Waals surface area (Å²) in [5, 5.41) is 6.26. The molecule has 2 atom stereocenters. The third kappa shape index (κ3) is 8.34. The van der Waals surface area contributed by atoms with Gasteiger partial charge in [-0.2, -0.15) is 0 Å². The summed E-state index contributed by atoms with van der Waals surface area (Å²) in [7, 11) is 0. The number of carbonyl (C=O) groups excluding carboxylic acids is 1. The van der Waals surface area contributed by atoms with Crippen molar-refractivity contribution in [2.24, 2.45) is 11.8 Å². The fourth-order valence-corrected chi connectivity index (χ4v) is 2.70. The van der Waals surface area contributed by atoms with Gasteiger partial charge in [0.05, 0.1) is 5.03 Å². The quantitative estimate of drug-likeness (QED) is 0.446. The number of nitrogens with one attached hydrogen (secondary N) is 2. The fraction of sp³-hybridized carbons (Fsp3) is 0.316. The standard InChI is InChI=1S/C19H23Cl2FN2O/c1-3-17(20)7-5-4-6-15-11-23-12-16(15)8-9-19(22)18(21)10-14(2)24-13-25/h3-5,7-10,13,15-16,23H,1,6,11-12H2,2H3,(H,24,25)/b5-4-,9-8+,14-10+,17-7+,19-18-/t15-,16+/m0/s1. The van der Waals surface area contributed by atoms with E-state index in [1.807, 2.05) is 18.2 Å². The summed E-state index contributed by atoms with van der Waals surface area (Å²) in [6.07, 6.45) is 13.3. The van der Waals surface area contributed by atoms with Crippen molar-refractivity contribution in [2.75, 3.05) is 13.1 Å². The lowest BCUT2D eigenvalue weighted by Crippen LogP contribution is -2.09. The van der Waals surface area contributed by atoms with Crippen molar-refractivity contribution in [1.29, 1.82) is 0 Å². The van der Waals surface area contributed by atoms with E-state index >= 15 is 0 Å². The molecule has 1 amide bonds. The first kappa shape index (κ1) is 21.4. The first-order chi connectivity index (χ1) is 12.0. The minimum atomic E-state index is -0.532. The smallest absolute Gasteiger partial charge is 0.211 e. The molecule has 0 spiro atoms. The van der Waals surface area contributed by atoms with Crippen LogP contribution in [-0.4, -0.2) is 19.5 Å². The van der Waals surface area contributed by atoms with E-state index in [9.17, 15) is 9.18 Å². The molecule has 0 bridgehead atoms. The van der Waals surface area contributed by atoms with Gasteiger partial charge < -0.3 is 10.6 Å². The van der Waals surface area contributed by atoms with Gasteiger partial charge in [0.15, 0.2) is 0 Å². The number of rotatable bonds is 9. The molecule has 0 aromatic rings. The van der Waals surface area contributed by atoms with Gasteiger partial charge in [0.1, 0.15) is 5.83 Å². The van der Waals surface area contributed by atoms with Crippen molar-refractivity contribution in [3.63, 3.8) is 0 Å². The summed E-state index contributed by atoms with van der Waals surface area (Å²) in [5.41, 5.74) is 0.473. The van der Waals surface area contributed by atoms with Crippen molar-refractivity contribution in [1.82, 2.24) is 10.6 Å². The Hall–Kier alpha value is -1.62. The molecule has 1 aliphatic heterocycles. The summed E-state index contributed by atoms with van der Waals surface area (Å²) < 4.78 is 14.0. The summed E-state index contributed by atoms with van der Waals surface area (Å²) in [6, 6.07) is 0. The Kier molecular flexibility index (Phi) is 10.2. The normalized spacial score (nSPS) is 23.2. The topological polar surface area (TPSA) is 41.1 Å². The Morgan fingerprint density at radius 2 is 2.16 bits per heavy atom. The molecule has 6 heteroatoms. The van der Waals surface area contributed by atoms with Crippen LogP contribution in [0.15, 0.2) is 70.7 Å². The fourth-order valence-electron chi connectivity index (χ4n) is 2.40. The number of hydrogen-bond donors (Lipinski definition) is 2. The van der Waals surface area contributed by atoms with Gasteiger partial charge in [-0.25, -0.2) is 4.39 Å². The molecule has 1 saturated heterocycles. The highest BCUT2D eigenvalue weighted by Gasteiger charge is 2.23. The zero-order chi connectivity index (χ0) is 18.7.